The van der Waals surface area contributed by atoms with Gasteiger partial charge in [0.2, 0.25) is 0 Å². The highest BCUT2D eigenvalue weighted by atomic mass is 15.2. The van der Waals surface area contributed by atoms with Crippen molar-refractivity contribution < 1.29 is 0 Å². The molecule has 0 N–H and O–H groups in total. The molecular weight excluding hydrogens is 989 g/mol. The first kappa shape index (κ1) is 57.2. The summed E-state index contributed by atoms with van der Waals surface area (Å²) in [7, 11) is 0. The van der Waals surface area contributed by atoms with Crippen LogP contribution >= 0.6 is 0 Å². The van der Waals surface area contributed by atoms with Crippen molar-refractivity contribution in [2.45, 2.75) is 196 Å². The van der Waals surface area contributed by atoms with Crippen LogP contribution in [0.25, 0.3) is 11.1 Å². The van der Waals surface area contributed by atoms with Crippen LogP contribution in [-0.2, 0) is 47.3 Å². The smallest absolute Gasteiger partial charge is 0.0520 e. The average molecular weight is 1080 g/mol. The minimum atomic E-state index is -0.0879. The lowest BCUT2D eigenvalue weighted by Crippen LogP contribution is -2.43. The Hall–Kier alpha value is -6.64. The first-order valence-electron chi connectivity index (χ1n) is 31.6. The highest BCUT2D eigenvalue weighted by Gasteiger charge is 2.66. The maximum Gasteiger partial charge on any atom is 0.0520 e. The van der Waals surface area contributed by atoms with Gasteiger partial charge < -0.3 is 9.80 Å². The van der Waals surface area contributed by atoms with E-state index in [9.17, 15) is 0 Å². The minimum Gasteiger partial charge on any atom is -0.310 e. The molecule has 8 aromatic rings. The van der Waals surface area contributed by atoms with E-state index in [0.29, 0.717) is 11.8 Å². The van der Waals surface area contributed by atoms with Gasteiger partial charge in [0.15, 0.2) is 0 Å². The van der Waals surface area contributed by atoms with Gasteiger partial charge >= 0.3 is 0 Å². The molecule has 2 saturated carbocycles. The molecule has 2 fully saturated rings. The van der Waals surface area contributed by atoms with Crippen LogP contribution in [0.4, 0.5) is 34.1 Å². The van der Waals surface area contributed by atoms with Crippen LogP contribution in [0.5, 0.6) is 0 Å². The fourth-order valence-corrected chi connectivity index (χ4v) is 15.7. The van der Waals surface area contributed by atoms with Crippen molar-refractivity contribution in [3.8, 4) is 11.1 Å². The second kappa shape index (κ2) is 22.5. The molecule has 0 bridgehead atoms. The van der Waals surface area contributed by atoms with E-state index in [0.717, 1.165) is 25.7 Å². The van der Waals surface area contributed by atoms with E-state index in [1.807, 2.05) is 0 Å². The number of nitrogens with zero attached hydrogens (tertiary/aromatic N) is 2. The fraction of sp³-hybridized carbons (Fsp3) is 0.400. The standard InChI is InChI=1S/C80H94N2/c1-15-17-19-59-25-29-61(30-26-59)45-63-49-79-51-64(46-62-31-27-60(28-32-62)20-18-16-2)52-80(79,50-63)74-48-70(82(68-35-23-54(4)24-36-68)76-57(7)43-66(44-58(76)8)78(12,13)14)38-40-72(74)71-39-37-69(47-73(71)79)81(67-33-21-53(3)22-34-67)75-55(5)41-65(42-56(75)6)77(9,10)11/h21-44,47-48,63-64H,15-20,45-46,49-52H2,1-14H3. The zero-order valence-electron chi connectivity index (χ0n) is 52.5. The monoisotopic (exact) mass is 1080 g/mol. The van der Waals surface area contributed by atoms with Crippen LogP contribution in [0.3, 0.4) is 0 Å². The van der Waals surface area contributed by atoms with Crippen molar-refractivity contribution in [1.29, 1.82) is 0 Å². The third kappa shape index (κ3) is 10.8. The van der Waals surface area contributed by atoms with Crippen molar-refractivity contribution in [2.24, 2.45) is 11.8 Å². The number of rotatable bonds is 16. The summed E-state index contributed by atoms with van der Waals surface area (Å²) in [5.74, 6) is 1.05. The molecule has 0 heterocycles. The predicted octanol–water partition coefficient (Wildman–Crippen LogP) is 22.2. The SMILES string of the molecule is CCCCc1ccc(CC2CC34CC(Cc5ccc(CCCC)cc5)CC3(C2)c2cc(N(c3ccc(C)cc3)c3c(C)cc(C(C)(C)C)cc3C)ccc2-c2ccc(N(c3ccc(C)cc3)c3c(C)cc(C(C)(C)C)cc3C)cc24)cc1. The number of aryl methyl sites for hydroxylation is 8. The Morgan fingerprint density at radius 3 is 0.988 bits per heavy atom. The molecule has 0 unspecified atom stereocenters. The van der Waals surface area contributed by atoms with Gasteiger partial charge in [-0.2, -0.15) is 0 Å². The van der Waals surface area contributed by atoms with Crippen LogP contribution in [0.15, 0.2) is 158 Å². The Morgan fingerprint density at radius 2 is 0.683 bits per heavy atom. The summed E-state index contributed by atoms with van der Waals surface area (Å²) < 4.78 is 0. The maximum absolute atomic E-state index is 2.72. The first-order valence-corrected chi connectivity index (χ1v) is 31.6. The van der Waals surface area contributed by atoms with Crippen LogP contribution in [0.2, 0.25) is 0 Å². The number of unbranched alkanes of at least 4 members (excludes halogenated alkanes) is 2. The molecule has 0 radical (unpaired) electrons. The zero-order valence-corrected chi connectivity index (χ0v) is 52.5. The van der Waals surface area contributed by atoms with Gasteiger partial charge in [0.05, 0.1) is 11.4 Å². The van der Waals surface area contributed by atoms with Crippen LogP contribution in [-0.4, -0.2) is 0 Å². The Bertz CT molecular complexity index is 3280. The molecule has 8 aromatic carbocycles. The van der Waals surface area contributed by atoms with Gasteiger partial charge in [-0.15, -0.1) is 0 Å². The third-order valence-electron chi connectivity index (χ3n) is 19.8. The zero-order chi connectivity index (χ0) is 57.9. The first-order chi connectivity index (χ1) is 39.2. The summed E-state index contributed by atoms with van der Waals surface area (Å²) in [4.78, 5) is 5.23. The van der Waals surface area contributed by atoms with Crippen molar-refractivity contribution in [1.82, 2.24) is 0 Å². The number of hydrogen-bond donors (Lipinski definition) is 0. The van der Waals surface area contributed by atoms with Crippen LogP contribution < -0.4 is 9.80 Å². The van der Waals surface area contributed by atoms with Crippen molar-refractivity contribution in [3.63, 3.8) is 0 Å². The summed E-state index contributed by atoms with van der Waals surface area (Å²) in [6.07, 6.45) is 14.2. The molecular formula is C80H94N2. The Labute approximate surface area is 495 Å². The van der Waals surface area contributed by atoms with Crippen LogP contribution in [0.1, 0.15) is 185 Å². The molecule has 424 valence electrons. The average Bonchev–Trinajstić information content (AvgIpc) is 2.64. The highest BCUT2D eigenvalue weighted by molar-refractivity contribution is 5.89. The Balaban J connectivity index is 1.15. The van der Waals surface area contributed by atoms with Crippen molar-refractivity contribution in [3.05, 3.63) is 236 Å². The number of fused-ring (bicyclic) bond motifs is 3. The molecule has 2 nitrogen and oxygen atoms in total. The van der Waals surface area contributed by atoms with E-state index in [4.69, 9.17) is 0 Å². The lowest BCUT2D eigenvalue weighted by Gasteiger charge is -2.48. The Morgan fingerprint density at radius 1 is 0.378 bits per heavy atom. The predicted molar refractivity (Wildman–Crippen MR) is 353 cm³/mol. The van der Waals surface area contributed by atoms with E-state index >= 15 is 0 Å². The van der Waals surface area contributed by atoms with Gasteiger partial charge in [0.1, 0.15) is 0 Å². The molecule has 3 aliphatic carbocycles. The molecule has 11 rings (SSSR count). The van der Waals surface area contributed by atoms with Gasteiger partial charge in [-0.1, -0.05) is 189 Å². The normalized spacial score (nSPS) is 19.1. The molecule has 0 atom stereocenters. The molecule has 82 heavy (non-hydrogen) atoms. The molecule has 0 aromatic heterocycles. The topological polar surface area (TPSA) is 6.48 Å². The van der Waals surface area contributed by atoms with Gasteiger partial charge in [0, 0.05) is 33.6 Å². The summed E-state index contributed by atoms with van der Waals surface area (Å²) in [6.45, 7) is 32.4. The van der Waals surface area contributed by atoms with E-state index < -0.39 is 0 Å². The molecule has 0 amide bonds. The number of anilines is 6. The molecule has 0 spiro atoms. The molecule has 0 saturated heterocycles. The van der Waals surface area contributed by atoms with Crippen molar-refractivity contribution in [2.75, 3.05) is 9.80 Å². The highest BCUT2D eigenvalue weighted by Crippen LogP contribution is 2.73. The number of hydrogen-bond acceptors (Lipinski definition) is 2. The maximum atomic E-state index is 2.72. The summed E-state index contributed by atoms with van der Waals surface area (Å²) in [6, 6.07) is 63.6. The number of benzene rings is 8. The quantitative estimate of drug-likeness (QED) is 0.0951. The molecule has 2 heteroatoms. The fourth-order valence-electron chi connectivity index (χ4n) is 15.7. The van der Waals surface area contributed by atoms with Crippen LogP contribution in [0, 0.1) is 53.4 Å². The van der Waals surface area contributed by atoms with E-state index in [1.54, 1.807) is 11.1 Å². The van der Waals surface area contributed by atoms with E-state index in [2.05, 4.69) is 264 Å². The minimum absolute atomic E-state index is 0.0439. The van der Waals surface area contributed by atoms with E-state index in [-0.39, 0.29) is 21.7 Å². The van der Waals surface area contributed by atoms with Crippen molar-refractivity contribution >= 4 is 34.1 Å². The second-order valence-corrected chi connectivity index (χ2v) is 28.2. The molecule has 3 aliphatic rings. The van der Waals surface area contributed by atoms with Gasteiger partial charge in [-0.05, 0) is 255 Å². The van der Waals surface area contributed by atoms with Gasteiger partial charge in [0.25, 0.3) is 0 Å². The molecule has 0 aliphatic heterocycles. The lowest BCUT2D eigenvalue weighted by atomic mass is 9.55. The lowest BCUT2D eigenvalue weighted by molar-refractivity contribution is 0.299. The summed E-state index contributed by atoms with van der Waals surface area (Å²) in [5.41, 5.74) is 29.9. The summed E-state index contributed by atoms with van der Waals surface area (Å²) >= 11 is 0. The second-order valence-electron chi connectivity index (χ2n) is 28.2. The largest absolute Gasteiger partial charge is 0.310 e. The Kier molecular flexibility index (Phi) is 15.7. The summed E-state index contributed by atoms with van der Waals surface area (Å²) in [5, 5.41) is 0. The van der Waals surface area contributed by atoms with E-state index in [1.165, 1.54) is 163 Å². The van der Waals surface area contributed by atoms with Gasteiger partial charge in [-0.3, -0.25) is 0 Å². The third-order valence-corrected chi connectivity index (χ3v) is 19.8. The van der Waals surface area contributed by atoms with Gasteiger partial charge in [-0.25, -0.2) is 0 Å².